The Kier molecular flexibility index (Phi) is 5.95. The van der Waals surface area contributed by atoms with E-state index >= 15 is 0 Å². The number of carbonyl (C=O) groups excluding carboxylic acids is 1. The zero-order valence-electron chi connectivity index (χ0n) is 17.3. The van der Waals surface area contributed by atoms with Crippen molar-refractivity contribution < 1.29 is 13.2 Å². The van der Waals surface area contributed by atoms with Gasteiger partial charge in [-0.3, -0.25) is 9.10 Å². The van der Waals surface area contributed by atoms with Crippen molar-refractivity contribution in [3.05, 3.63) is 70.6 Å². The lowest BCUT2D eigenvalue weighted by Gasteiger charge is -2.33. The summed E-state index contributed by atoms with van der Waals surface area (Å²) in [7, 11) is -3.98. The van der Waals surface area contributed by atoms with Gasteiger partial charge in [0.1, 0.15) is 0 Å². The first-order valence-electron chi connectivity index (χ1n) is 10.8. The lowest BCUT2D eigenvalue weighted by Crippen LogP contribution is -2.44. The van der Waals surface area contributed by atoms with Crippen molar-refractivity contribution in [3.8, 4) is 0 Å². The number of amides is 1. The molecule has 0 unspecified atom stereocenters. The molecule has 0 radical (unpaired) electrons. The first-order valence-corrected chi connectivity index (χ1v) is 12.2. The summed E-state index contributed by atoms with van der Waals surface area (Å²) in [4.78, 5) is 13.3. The number of benzene rings is 2. The quantitative estimate of drug-likeness (QED) is 0.737. The molecule has 1 saturated carbocycles. The third kappa shape index (κ3) is 3.76. The third-order valence-electron chi connectivity index (χ3n) is 5.96. The Balaban J connectivity index is 1.89. The van der Waals surface area contributed by atoms with Crippen molar-refractivity contribution in [2.45, 2.75) is 51.5 Å². The fourth-order valence-electron chi connectivity index (χ4n) is 4.53. The Bertz CT molecular complexity index is 1050. The van der Waals surface area contributed by atoms with Crippen LogP contribution in [0.1, 0.15) is 56.6 Å². The molecule has 2 aromatic rings. The summed E-state index contributed by atoms with van der Waals surface area (Å²) in [6.07, 6.45) is 6.25. The topological polar surface area (TPSA) is 66.5 Å². The number of para-hydroxylation sites is 1. The Morgan fingerprint density at radius 3 is 2.27 bits per heavy atom. The van der Waals surface area contributed by atoms with Gasteiger partial charge in [0.25, 0.3) is 15.9 Å². The van der Waals surface area contributed by atoms with Crippen molar-refractivity contribution in [2.75, 3.05) is 10.8 Å². The Morgan fingerprint density at radius 2 is 1.60 bits per heavy atom. The van der Waals surface area contributed by atoms with Crippen molar-refractivity contribution in [1.82, 2.24) is 5.32 Å². The molecule has 0 atom stereocenters. The highest BCUT2D eigenvalue weighted by Gasteiger charge is 2.41. The SMILES string of the molecule is CCN1c2ccccc2C(c2ccccc2)=C(C(=O)NC2CCCCCC2)S1(=O)=O. The molecule has 1 heterocycles. The molecule has 2 aliphatic rings. The van der Waals surface area contributed by atoms with Crippen LogP contribution >= 0.6 is 0 Å². The minimum absolute atomic E-state index is 0.0203. The maximum atomic E-state index is 13.6. The molecule has 1 aliphatic heterocycles. The maximum absolute atomic E-state index is 13.6. The molecule has 158 valence electrons. The van der Waals surface area contributed by atoms with Crippen molar-refractivity contribution >= 4 is 27.2 Å². The van der Waals surface area contributed by atoms with Gasteiger partial charge in [0.2, 0.25) is 0 Å². The van der Waals surface area contributed by atoms with E-state index in [0.717, 1.165) is 36.8 Å². The average molecular weight is 425 g/mol. The summed E-state index contributed by atoms with van der Waals surface area (Å²) in [6.45, 7) is 2.06. The van der Waals surface area contributed by atoms with Crippen LogP contribution in [-0.4, -0.2) is 26.9 Å². The lowest BCUT2D eigenvalue weighted by atomic mass is 9.95. The van der Waals surface area contributed by atoms with Crippen LogP contribution in [0.15, 0.2) is 59.5 Å². The summed E-state index contributed by atoms with van der Waals surface area (Å²) < 4.78 is 28.6. The Labute approximate surface area is 178 Å². The number of carbonyl (C=O) groups is 1. The standard InChI is InChI=1S/C24H28N2O3S/c1-2-26-21-17-11-10-16-20(21)22(18-12-6-5-7-13-18)23(30(26,28)29)24(27)25-19-14-8-3-4-9-15-19/h5-7,10-13,16-17,19H,2-4,8-9,14-15H2,1H3,(H,25,27). The maximum Gasteiger partial charge on any atom is 0.270 e. The van der Waals surface area contributed by atoms with E-state index in [9.17, 15) is 13.2 Å². The van der Waals surface area contributed by atoms with E-state index in [1.165, 1.54) is 17.1 Å². The van der Waals surface area contributed by atoms with Crippen LogP contribution in [0.5, 0.6) is 0 Å². The third-order valence-corrected chi connectivity index (χ3v) is 7.90. The molecular formula is C24H28N2O3S. The summed E-state index contributed by atoms with van der Waals surface area (Å²) in [5.74, 6) is -0.492. The van der Waals surface area contributed by atoms with Gasteiger partial charge in [0.05, 0.1) is 5.69 Å². The van der Waals surface area contributed by atoms with Crippen LogP contribution in [0.2, 0.25) is 0 Å². The Morgan fingerprint density at radius 1 is 0.967 bits per heavy atom. The van der Waals surface area contributed by atoms with Gasteiger partial charge in [-0.2, -0.15) is 0 Å². The van der Waals surface area contributed by atoms with Gasteiger partial charge >= 0.3 is 0 Å². The van der Waals surface area contributed by atoms with E-state index < -0.39 is 15.9 Å². The second-order valence-electron chi connectivity index (χ2n) is 7.92. The highest BCUT2D eigenvalue weighted by Crippen LogP contribution is 2.42. The summed E-state index contributed by atoms with van der Waals surface area (Å²) in [5, 5.41) is 3.06. The highest BCUT2D eigenvalue weighted by atomic mass is 32.2. The van der Waals surface area contributed by atoms with Crippen LogP contribution in [-0.2, 0) is 14.8 Å². The van der Waals surface area contributed by atoms with Crippen LogP contribution in [0.25, 0.3) is 5.57 Å². The first-order chi connectivity index (χ1) is 14.5. The average Bonchev–Trinajstić information content (AvgIpc) is 3.01. The fraction of sp³-hybridized carbons (Fsp3) is 0.375. The van der Waals surface area contributed by atoms with Crippen molar-refractivity contribution in [1.29, 1.82) is 0 Å². The van der Waals surface area contributed by atoms with Crippen LogP contribution in [0.4, 0.5) is 5.69 Å². The number of hydrogen-bond donors (Lipinski definition) is 1. The number of sulfonamides is 1. The minimum atomic E-state index is -3.98. The molecule has 4 rings (SSSR count). The van der Waals surface area contributed by atoms with Gasteiger partial charge in [-0.15, -0.1) is 0 Å². The van der Waals surface area contributed by atoms with E-state index in [4.69, 9.17) is 0 Å². The molecule has 0 spiro atoms. The molecule has 1 fully saturated rings. The molecule has 1 amide bonds. The minimum Gasteiger partial charge on any atom is -0.349 e. The van der Waals surface area contributed by atoms with Gasteiger partial charge in [-0.05, 0) is 31.4 Å². The first kappa shape index (κ1) is 20.7. The summed E-state index contributed by atoms with van der Waals surface area (Å²) >= 11 is 0. The number of nitrogens with zero attached hydrogens (tertiary/aromatic N) is 1. The van der Waals surface area contributed by atoms with Crippen LogP contribution in [0, 0.1) is 0 Å². The predicted molar refractivity (Wildman–Crippen MR) is 120 cm³/mol. The smallest absolute Gasteiger partial charge is 0.270 e. The van der Waals surface area contributed by atoms with Gasteiger partial charge in [-0.1, -0.05) is 74.2 Å². The lowest BCUT2D eigenvalue weighted by molar-refractivity contribution is -0.117. The molecular weight excluding hydrogens is 396 g/mol. The van der Waals surface area contributed by atoms with Gasteiger partial charge in [-0.25, -0.2) is 8.42 Å². The van der Waals surface area contributed by atoms with Crippen LogP contribution in [0.3, 0.4) is 0 Å². The molecule has 0 aromatic heterocycles. The number of nitrogens with one attached hydrogen (secondary N) is 1. The second-order valence-corrected chi connectivity index (χ2v) is 9.72. The normalized spacial score (nSPS) is 19.2. The predicted octanol–water partition coefficient (Wildman–Crippen LogP) is 4.45. The van der Waals surface area contributed by atoms with Gasteiger partial charge in [0.15, 0.2) is 4.91 Å². The van der Waals surface area contributed by atoms with E-state index in [1.807, 2.05) is 48.5 Å². The van der Waals surface area contributed by atoms with E-state index in [1.54, 1.807) is 13.0 Å². The van der Waals surface area contributed by atoms with E-state index in [2.05, 4.69) is 5.32 Å². The zero-order chi connectivity index (χ0) is 21.1. The second kappa shape index (κ2) is 8.64. The van der Waals surface area contributed by atoms with Crippen LogP contribution < -0.4 is 9.62 Å². The van der Waals surface area contributed by atoms with Crippen molar-refractivity contribution in [2.24, 2.45) is 0 Å². The molecule has 0 bridgehead atoms. The molecule has 1 N–H and O–H groups in total. The van der Waals surface area contributed by atoms with E-state index in [0.29, 0.717) is 11.3 Å². The van der Waals surface area contributed by atoms with Gasteiger partial charge < -0.3 is 5.32 Å². The summed E-state index contributed by atoms with van der Waals surface area (Å²) in [5.41, 5.74) is 2.61. The molecule has 0 saturated heterocycles. The molecule has 5 nitrogen and oxygen atoms in total. The number of fused-ring (bicyclic) bond motifs is 1. The molecule has 6 heteroatoms. The number of anilines is 1. The van der Waals surface area contributed by atoms with Crippen molar-refractivity contribution in [3.63, 3.8) is 0 Å². The largest absolute Gasteiger partial charge is 0.349 e. The molecule has 30 heavy (non-hydrogen) atoms. The number of hydrogen-bond acceptors (Lipinski definition) is 3. The number of rotatable bonds is 4. The monoisotopic (exact) mass is 424 g/mol. The fourth-order valence-corrected chi connectivity index (χ4v) is 6.29. The highest BCUT2D eigenvalue weighted by molar-refractivity contribution is 7.97. The zero-order valence-corrected chi connectivity index (χ0v) is 18.1. The van der Waals surface area contributed by atoms with E-state index in [-0.39, 0.29) is 17.5 Å². The molecule has 1 aliphatic carbocycles. The molecule has 2 aromatic carbocycles. The van der Waals surface area contributed by atoms with Gasteiger partial charge in [0, 0.05) is 23.7 Å². The summed E-state index contributed by atoms with van der Waals surface area (Å²) in [6, 6.07) is 16.8. The Hall–Kier alpha value is -2.60.